The molecule has 0 aliphatic rings. The Morgan fingerprint density at radius 1 is 1.12 bits per heavy atom. The van der Waals surface area contributed by atoms with Gasteiger partial charge in [-0.1, -0.05) is 19.0 Å². The first kappa shape index (κ1) is 17.6. The molecule has 134 valence electrons. The first-order valence-electron chi connectivity index (χ1n) is 8.23. The number of amides is 1. The third-order valence-corrected chi connectivity index (χ3v) is 3.64. The minimum absolute atomic E-state index is 0.177. The smallest absolute Gasteiger partial charge is 0.272 e. The van der Waals surface area contributed by atoms with Crippen LogP contribution < -0.4 is 4.74 Å². The number of nitrogens with zero attached hydrogens (tertiary/aromatic N) is 4. The predicted octanol–water partition coefficient (Wildman–Crippen LogP) is 3.75. The monoisotopic (exact) mass is 352 g/mol. The van der Waals surface area contributed by atoms with Gasteiger partial charge in [-0.05, 0) is 30.3 Å². The Hall–Kier alpha value is -3.22. The second-order valence-electron chi connectivity index (χ2n) is 6.31. The lowest BCUT2D eigenvalue weighted by molar-refractivity contribution is 0.0821. The van der Waals surface area contributed by atoms with Gasteiger partial charge in [-0.3, -0.25) is 9.78 Å². The zero-order valence-corrected chi connectivity index (χ0v) is 15.1. The number of carbonyl (C=O) groups is 1. The van der Waals surface area contributed by atoms with Gasteiger partial charge >= 0.3 is 0 Å². The molecule has 7 nitrogen and oxygen atoms in total. The van der Waals surface area contributed by atoms with Gasteiger partial charge in [0.1, 0.15) is 17.2 Å². The van der Waals surface area contributed by atoms with Gasteiger partial charge in [0.15, 0.2) is 0 Å². The van der Waals surface area contributed by atoms with E-state index in [-0.39, 0.29) is 11.8 Å². The van der Waals surface area contributed by atoms with Gasteiger partial charge in [0.25, 0.3) is 5.91 Å². The zero-order chi connectivity index (χ0) is 18.7. The van der Waals surface area contributed by atoms with Gasteiger partial charge in [0.2, 0.25) is 11.7 Å². The van der Waals surface area contributed by atoms with Crippen LogP contribution in [0.5, 0.6) is 11.5 Å². The number of benzene rings is 1. The summed E-state index contributed by atoms with van der Waals surface area (Å²) in [7, 11) is 3.36. The van der Waals surface area contributed by atoms with Crippen molar-refractivity contribution in [3.8, 4) is 22.9 Å². The highest BCUT2D eigenvalue weighted by Gasteiger charge is 2.13. The van der Waals surface area contributed by atoms with Crippen LogP contribution in [0.4, 0.5) is 0 Å². The molecule has 2 aromatic heterocycles. The number of ether oxygens (including phenoxy) is 1. The van der Waals surface area contributed by atoms with E-state index in [4.69, 9.17) is 9.26 Å². The van der Waals surface area contributed by atoms with Crippen molar-refractivity contribution in [3.63, 3.8) is 0 Å². The van der Waals surface area contributed by atoms with Crippen LogP contribution >= 0.6 is 0 Å². The van der Waals surface area contributed by atoms with Gasteiger partial charge in [-0.25, -0.2) is 0 Å². The Labute approximate surface area is 151 Å². The lowest BCUT2D eigenvalue weighted by atomic mass is 10.2. The van der Waals surface area contributed by atoms with E-state index in [1.807, 2.05) is 38.1 Å². The van der Waals surface area contributed by atoms with E-state index in [1.165, 1.54) is 4.90 Å². The van der Waals surface area contributed by atoms with E-state index < -0.39 is 0 Å². The van der Waals surface area contributed by atoms with Gasteiger partial charge in [-0.2, -0.15) is 4.98 Å². The third-order valence-electron chi connectivity index (χ3n) is 3.64. The average molecular weight is 352 g/mol. The molecule has 3 rings (SSSR count). The van der Waals surface area contributed by atoms with Crippen molar-refractivity contribution < 1.29 is 14.1 Å². The highest BCUT2D eigenvalue weighted by molar-refractivity contribution is 5.92. The zero-order valence-electron chi connectivity index (χ0n) is 15.1. The van der Waals surface area contributed by atoms with Crippen LogP contribution in [0.2, 0.25) is 0 Å². The summed E-state index contributed by atoms with van der Waals surface area (Å²) < 4.78 is 11.0. The molecule has 0 radical (unpaired) electrons. The van der Waals surface area contributed by atoms with Gasteiger partial charge in [-0.15, -0.1) is 0 Å². The van der Waals surface area contributed by atoms with E-state index in [0.717, 1.165) is 5.56 Å². The summed E-state index contributed by atoms with van der Waals surface area (Å²) in [5.74, 6) is 2.34. The maximum atomic E-state index is 12.0. The molecule has 0 N–H and O–H groups in total. The Bertz CT molecular complexity index is 901. The molecular weight excluding hydrogens is 332 g/mol. The topological polar surface area (TPSA) is 81.4 Å². The van der Waals surface area contributed by atoms with Crippen LogP contribution in [0, 0.1) is 0 Å². The molecule has 0 aliphatic heterocycles. The Kier molecular flexibility index (Phi) is 4.97. The summed E-state index contributed by atoms with van der Waals surface area (Å²) >= 11 is 0. The molecule has 0 unspecified atom stereocenters. The van der Waals surface area contributed by atoms with E-state index in [2.05, 4.69) is 15.1 Å². The highest BCUT2D eigenvalue weighted by Crippen LogP contribution is 2.25. The highest BCUT2D eigenvalue weighted by atomic mass is 16.5. The van der Waals surface area contributed by atoms with E-state index in [9.17, 15) is 4.79 Å². The van der Waals surface area contributed by atoms with Crippen molar-refractivity contribution in [2.75, 3.05) is 14.1 Å². The molecular formula is C19H20N4O3. The van der Waals surface area contributed by atoms with Crippen molar-refractivity contribution >= 4 is 5.91 Å². The predicted molar refractivity (Wildman–Crippen MR) is 96.2 cm³/mol. The molecule has 2 heterocycles. The van der Waals surface area contributed by atoms with Crippen molar-refractivity contribution in [2.24, 2.45) is 0 Å². The molecule has 0 spiro atoms. The number of aromatic nitrogens is 3. The molecule has 0 saturated carbocycles. The fraction of sp³-hybridized carbons (Fsp3) is 0.263. The Balaban J connectivity index is 1.75. The standard InChI is InChI=1S/C19H20N4O3/c1-12(2)18-21-17(22-26-18)13-5-7-14(8-6-13)25-15-9-10-20-16(11-15)19(24)23(3)4/h5-12H,1-4H3. The van der Waals surface area contributed by atoms with E-state index in [1.54, 1.807) is 32.4 Å². The molecule has 0 aliphatic carbocycles. The van der Waals surface area contributed by atoms with Crippen LogP contribution in [0.25, 0.3) is 11.4 Å². The summed E-state index contributed by atoms with van der Waals surface area (Å²) in [4.78, 5) is 21.9. The maximum absolute atomic E-state index is 12.0. The molecule has 7 heteroatoms. The lowest BCUT2D eigenvalue weighted by Gasteiger charge is -2.11. The van der Waals surface area contributed by atoms with Gasteiger partial charge < -0.3 is 14.2 Å². The molecule has 0 atom stereocenters. The summed E-state index contributed by atoms with van der Waals surface area (Å²) in [6.45, 7) is 4.00. The molecule has 1 amide bonds. The molecule has 26 heavy (non-hydrogen) atoms. The fourth-order valence-electron chi connectivity index (χ4n) is 2.22. The van der Waals surface area contributed by atoms with Gasteiger partial charge in [0.05, 0.1) is 0 Å². The largest absolute Gasteiger partial charge is 0.457 e. The molecule has 1 aromatic carbocycles. The van der Waals surface area contributed by atoms with E-state index in [0.29, 0.717) is 28.9 Å². The number of carbonyl (C=O) groups excluding carboxylic acids is 1. The SMILES string of the molecule is CC(C)c1nc(-c2ccc(Oc3ccnc(C(=O)N(C)C)c3)cc2)no1. The normalized spacial score (nSPS) is 10.8. The number of hydrogen-bond acceptors (Lipinski definition) is 6. The molecule has 0 fully saturated rings. The Morgan fingerprint density at radius 2 is 1.85 bits per heavy atom. The fourth-order valence-corrected chi connectivity index (χ4v) is 2.22. The second-order valence-corrected chi connectivity index (χ2v) is 6.31. The Morgan fingerprint density at radius 3 is 2.46 bits per heavy atom. The van der Waals surface area contributed by atoms with Crippen LogP contribution in [0.3, 0.4) is 0 Å². The molecule has 3 aromatic rings. The number of rotatable bonds is 5. The second kappa shape index (κ2) is 7.35. The first-order valence-corrected chi connectivity index (χ1v) is 8.23. The van der Waals surface area contributed by atoms with Crippen LogP contribution in [-0.2, 0) is 0 Å². The first-order chi connectivity index (χ1) is 12.4. The summed E-state index contributed by atoms with van der Waals surface area (Å²) in [6, 6.07) is 10.7. The van der Waals surface area contributed by atoms with E-state index >= 15 is 0 Å². The lowest BCUT2D eigenvalue weighted by Crippen LogP contribution is -2.22. The number of pyridine rings is 1. The van der Waals surface area contributed by atoms with Crippen LogP contribution in [0.1, 0.15) is 36.1 Å². The minimum atomic E-state index is -0.177. The maximum Gasteiger partial charge on any atom is 0.272 e. The minimum Gasteiger partial charge on any atom is -0.457 e. The van der Waals surface area contributed by atoms with Crippen LogP contribution in [-0.4, -0.2) is 40.0 Å². The summed E-state index contributed by atoms with van der Waals surface area (Å²) in [5.41, 5.74) is 1.17. The summed E-state index contributed by atoms with van der Waals surface area (Å²) in [6.07, 6.45) is 1.55. The van der Waals surface area contributed by atoms with Gasteiger partial charge in [0, 0.05) is 37.8 Å². The third kappa shape index (κ3) is 3.88. The van der Waals surface area contributed by atoms with Crippen molar-refractivity contribution in [2.45, 2.75) is 19.8 Å². The quantitative estimate of drug-likeness (QED) is 0.695. The molecule has 0 saturated heterocycles. The number of hydrogen-bond donors (Lipinski definition) is 0. The summed E-state index contributed by atoms with van der Waals surface area (Å²) in [5, 5.41) is 3.99. The molecule has 0 bridgehead atoms. The van der Waals surface area contributed by atoms with Crippen molar-refractivity contribution in [1.82, 2.24) is 20.0 Å². The van der Waals surface area contributed by atoms with Crippen LogP contribution in [0.15, 0.2) is 47.1 Å². The van der Waals surface area contributed by atoms with Crippen molar-refractivity contribution in [3.05, 3.63) is 54.2 Å². The average Bonchev–Trinajstić information content (AvgIpc) is 3.12. The van der Waals surface area contributed by atoms with Crippen molar-refractivity contribution in [1.29, 1.82) is 0 Å².